The molecular weight excluding hydrogens is 235 g/mol. The minimum atomic E-state index is -4.83. The number of nitrogens with zero attached hydrogens (tertiary/aromatic N) is 1. The quantitative estimate of drug-likeness (QED) is 0.811. The van der Waals surface area contributed by atoms with Crippen LogP contribution in [0.1, 0.15) is 17.7 Å². The van der Waals surface area contributed by atoms with Crippen molar-refractivity contribution in [3.8, 4) is 5.75 Å². The third kappa shape index (κ3) is 2.31. The van der Waals surface area contributed by atoms with Gasteiger partial charge in [0, 0.05) is 0 Å². The highest BCUT2D eigenvalue weighted by atomic mass is 19.4. The Morgan fingerprint density at radius 3 is 2.31 bits per heavy atom. The average molecular weight is 242 g/mol. The van der Waals surface area contributed by atoms with E-state index in [0.717, 1.165) is 7.11 Å². The largest absolute Gasteiger partial charge is 0.492 e. The number of methoxy groups -OCH3 is 1. The van der Waals surface area contributed by atoms with E-state index in [0.29, 0.717) is 0 Å². The van der Waals surface area contributed by atoms with Gasteiger partial charge in [0.25, 0.3) is 6.43 Å². The van der Waals surface area contributed by atoms with Crippen LogP contribution in [-0.4, -0.2) is 12.1 Å². The fraction of sp³-hybridized carbons (Fsp3) is 0.375. The van der Waals surface area contributed by atoms with Gasteiger partial charge >= 0.3 is 6.18 Å². The smallest absolute Gasteiger partial charge is 0.433 e. The number of pyridine rings is 1. The number of ether oxygens (including phenoxy) is 1. The topological polar surface area (TPSA) is 48.1 Å². The van der Waals surface area contributed by atoms with Crippen molar-refractivity contribution in [3.63, 3.8) is 0 Å². The molecule has 0 bridgehead atoms. The zero-order valence-electron chi connectivity index (χ0n) is 7.98. The number of nitrogen functional groups attached to an aromatic ring is 1. The first-order valence-electron chi connectivity index (χ1n) is 3.97. The van der Waals surface area contributed by atoms with Gasteiger partial charge in [0.15, 0.2) is 11.6 Å². The van der Waals surface area contributed by atoms with Crippen molar-refractivity contribution in [3.05, 3.63) is 17.3 Å². The van der Waals surface area contributed by atoms with E-state index < -0.39 is 35.4 Å². The molecule has 0 amide bonds. The molecule has 3 nitrogen and oxygen atoms in total. The number of rotatable bonds is 2. The number of hydrogen-bond acceptors (Lipinski definition) is 3. The molecular formula is C8H7F5N2O. The van der Waals surface area contributed by atoms with Gasteiger partial charge < -0.3 is 10.5 Å². The Hall–Kier alpha value is -1.60. The van der Waals surface area contributed by atoms with Crippen LogP contribution in [0.2, 0.25) is 0 Å². The fourth-order valence-corrected chi connectivity index (χ4v) is 1.10. The lowest BCUT2D eigenvalue weighted by Crippen LogP contribution is -2.12. The molecule has 90 valence electrons. The van der Waals surface area contributed by atoms with Crippen LogP contribution in [0.3, 0.4) is 0 Å². The van der Waals surface area contributed by atoms with E-state index in [1.54, 1.807) is 0 Å². The molecule has 1 heterocycles. The molecule has 0 aromatic carbocycles. The van der Waals surface area contributed by atoms with E-state index in [4.69, 9.17) is 5.73 Å². The van der Waals surface area contributed by atoms with E-state index in [1.165, 1.54) is 0 Å². The molecule has 0 saturated heterocycles. The van der Waals surface area contributed by atoms with E-state index >= 15 is 0 Å². The van der Waals surface area contributed by atoms with Gasteiger partial charge in [-0.3, -0.25) is 0 Å². The third-order valence-electron chi connectivity index (χ3n) is 1.76. The van der Waals surface area contributed by atoms with Gasteiger partial charge in [0.2, 0.25) is 0 Å². The van der Waals surface area contributed by atoms with E-state index in [-0.39, 0.29) is 6.07 Å². The average Bonchev–Trinajstić information content (AvgIpc) is 2.14. The summed E-state index contributed by atoms with van der Waals surface area (Å²) >= 11 is 0. The van der Waals surface area contributed by atoms with Crippen LogP contribution in [0.5, 0.6) is 5.75 Å². The Kier molecular flexibility index (Phi) is 3.20. The molecule has 0 aliphatic rings. The lowest BCUT2D eigenvalue weighted by molar-refractivity contribution is -0.141. The van der Waals surface area contributed by atoms with Crippen molar-refractivity contribution < 1.29 is 26.7 Å². The van der Waals surface area contributed by atoms with Crippen LogP contribution in [0.4, 0.5) is 27.8 Å². The van der Waals surface area contributed by atoms with Crippen molar-refractivity contribution in [1.82, 2.24) is 4.98 Å². The zero-order valence-corrected chi connectivity index (χ0v) is 7.98. The van der Waals surface area contributed by atoms with Crippen molar-refractivity contribution in [2.45, 2.75) is 12.6 Å². The Morgan fingerprint density at radius 2 is 1.94 bits per heavy atom. The number of hydrogen-bond donors (Lipinski definition) is 1. The van der Waals surface area contributed by atoms with Gasteiger partial charge in [-0.05, 0) is 6.07 Å². The summed E-state index contributed by atoms with van der Waals surface area (Å²) in [4.78, 5) is 2.95. The summed E-state index contributed by atoms with van der Waals surface area (Å²) in [7, 11) is 1.02. The first-order chi connectivity index (χ1) is 7.27. The van der Waals surface area contributed by atoms with Crippen LogP contribution < -0.4 is 10.5 Å². The molecule has 0 fully saturated rings. The second-order valence-corrected chi connectivity index (χ2v) is 2.81. The maximum absolute atomic E-state index is 12.4. The molecule has 0 unspecified atom stereocenters. The lowest BCUT2D eigenvalue weighted by atomic mass is 10.2. The molecule has 2 N–H and O–H groups in total. The molecule has 0 spiro atoms. The molecule has 1 rings (SSSR count). The van der Waals surface area contributed by atoms with Gasteiger partial charge in [-0.2, -0.15) is 13.2 Å². The maximum atomic E-state index is 12.4. The number of aromatic nitrogens is 1. The standard InChI is InChI=1S/C8H7F5N2O/c1-16-5-3(6(9)10)2-4(8(11,12)13)15-7(5)14/h2,6H,1H3,(H2,14,15). The second-order valence-electron chi connectivity index (χ2n) is 2.81. The van der Waals surface area contributed by atoms with Crippen molar-refractivity contribution >= 4 is 5.82 Å². The minimum Gasteiger partial charge on any atom is -0.492 e. The number of nitrogens with two attached hydrogens (primary N) is 1. The highest BCUT2D eigenvalue weighted by Crippen LogP contribution is 2.37. The van der Waals surface area contributed by atoms with Crippen molar-refractivity contribution in [1.29, 1.82) is 0 Å². The summed E-state index contributed by atoms with van der Waals surface area (Å²) in [6.07, 6.45) is -7.95. The van der Waals surface area contributed by atoms with Crippen LogP contribution >= 0.6 is 0 Å². The molecule has 0 radical (unpaired) electrons. The highest BCUT2D eigenvalue weighted by molar-refractivity contribution is 5.53. The molecule has 1 aromatic heterocycles. The van der Waals surface area contributed by atoms with Crippen LogP contribution in [0.25, 0.3) is 0 Å². The summed E-state index contributed by atoms with van der Waals surface area (Å²) in [6, 6.07) is 0.222. The van der Waals surface area contributed by atoms with E-state index in [9.17, 15) is 22.0 Å². The van der Waals surface area contributed by atoms with Crippen molar-refractivity contribution in [2.24, 2.45) is 0 Å². The first kappa shape index (κ1) is 12.5. The summed E-state index contributed by atoms with van der Waals surface area (Å²) in [5.41, 5.74) is 2.70. The maximum Gasteiger partial charge on any atom is 0.433 e. The molecule has 8 heteroatoms. The number of anilines is 1. The van der Waals surface area contributed by atoms with Gasteiger partial charge in [0.05, 0.1) is 12.7 Å². The predicted octanol–water partition coefficient (Wildman–Crippen LogP) is 2.63. The Morgan fingerprint density at radius 1 is 1.38 bits per heavy atom. The molecule has 16 heavy (non-hydrogen) atoms. The Labute approximate surface area is 87.0 Å². The van der Waals surface area contributed by atoms with Gasteiger partial charge in [-0.15, -0.1) is 0 Å². The molecule has 0 saturated carbocycles. The van der Waals surface area contributed by atoms with Gasteiger partial charge in [0.1, 0.15) is 5.69 Å². The van der Waals surface area contributed by atoms with Crippen LogP contribution in [0.15, 0.2) is 6.07 Å². The van der Waals surface area contributed by atoms with E-state index in [1.807, 2.05) is 0 Å². The Balaban J connectivity index is 3.40. The summed E-state index contributed by atoms with van der Waals surface area (Å²) in [6.45, 7) is 0. The molecule has 0 atom stereocenters. The van der Waals surface area contributed by atoms with Crippen molar-refractivity contribution in [2.75, 3.05) is 12.8 Å². The third-order valence-corrected chi connectivity index (χ3v) is 1.76. The first-order valence-corrected chi connectivity index (χ1v) is 3.97. The Bertz CT molecular complexity index is 391. The lowest BCUT2D eigenvalue weighted by Gasteiger charge is -2.13. The van der Waals surface area contributed by atoms with Crippen LogP contribution in [0, 0.1) is 0 Å². The predicted molar refractivity (Wildman–Crippen MR) is 45.2 cm³/mol. The number of halogens is 5. The molecule has 1 aromatic rings. The monoisotopic (exact) mass is 242 g/mol. The number of alkyl halides is 5. The van der Waals surface area contributed by atoms with Gasteiger partial charge in [-0.25, -0.2) is 13.8 Å². The SMILES string of the molecule is COc1c(C(F)F)cc(C(F)(F)F)nc1N. The summed E-state index contributed by atoms with van der Waals surface area (Å²) in [5.74, 6) is -1.25. The minimum absolute atomic E-state index is 0.222. The van der Waals surface area contributed by atoms with Gasteiger partial charge in [-0.1, -0.05) is 0 Å². The normalized spacial score (nSPS) is 11.9. The van der Waals surface area contributed by atoms with E-state index in [2.05, 4.69) is 9.72 Å². The molecule has 0 aliphatic carbocycles. The molecule has 0 aliphatic heterocycles. The highest BCUT2D eigenvalue weighted by Gasteiger charge is 2.35. The zero-order chi connectivity index (χ0) is 12.5. The fourth-order valence-electron chi connectivity index (χ4n) is 1.10. The van der Waals surface area contributed by atoms with Crippen LogP contribution in [-0.2, 0) is 6.18 Å². The second kappa shape index (κ2) is 4.11. The summed E-state index contributed by atoms with van der Waals surface area (Å²) in [5, 5.41) is 0. The summed E-state index contributed by atoms with van der Waals surface area (Å²) < 4.78 is 66.1.